The van der Waals surface area contributed by atoms with E-state index in [0.29, 0.717) is 32.4 Å². The minimum atomic E-state index is -0.213. The zero-order valence-corrected chi connectivity index (χ0v) is 16.6. The number of benzene rings is 2. The lowest BCUT2D eigenvalue weighted by Crippen LogP contribution is -2.17. The number of thioether (sulfide) groups is 1. The molecule has 1 heterocycles. The second kappa shape index (κ2) is 8.12. The van der Waals surface area contributed by atoms with E-state index in [2.05, 4.69) is 11.4 Å². The number of carbonyl (C=O) groups excluding carboxylic acids is 1. The van der Waals surface area contributed by atoms with Crippen molar-refractivity contribution >= 4 is 51.9 Å². The smallest absolute Gasteiger partial charge is 0.263 e. The number of aryl methyl sites for hydroxylation is 1. The van der Waals surface area contributed by atoms with E-state index in [0.717, 1.165) is 16.7 Å². The average Bonchev–Trinajstić information content (AvgIpc) is 2.90. The van der Waals surface area contributed by atoms with Crippen LogP contribution in [0.2, 0.25) is 5.02 Å². The van der Waals surface area contributed by atoms with E-state index in [4.69, 9.17) is 33.3 Å². The largest absolute Gasteiger partial charge is 0.493 e. The molecule has 134 valence electrons. The van der Waals surface area contributed by atoms with Crippen LogP contribution < -0.4 is 14.8 Å². The average molecular weight is 406 g/mol. The molecule has 1 amide bonds. The van der Waals surface area contributed by atoms with Crippen LogP contribution >= 0.6 is 35.6 Å². The molecule has 0 atom stereocenters. The highest BCUT2D eigenvalue weighted by Crippen LogP contribution is 2.38. The second-order valence-corrected chi connectivity index (χ2v) is 7.79. The van der Waals surface area contributed by atoms with Gasteiger partial charge in [0.2, 0.25) is 0 Å². The van der Waals surface area contributed by atoms with Crippen molar-refractivity contribution in [1.82, 2.24) is 5.32 Å². The normalized spacial score (nSPS) is 15.3. The zero-order chi connectivity index (χ0) is 18.7. The highest BCUT2D eigenvalue weighted by atomic mass is 35.5. The van der Waals surface area contributed by atoms with Crippen LogP contribution in [0.3, 0.4) is 0 Å². The highest BCUT2D eigenvalue weighted by Gasteiger charge is 2.22. The summed E-state index contributed by atoms with van der Waals surface area (Å²) in [5.41, 5.74) is 2.94. The summed E-state index contributed by atoms with van der Waals surface area (Å²) < 4.78 is 11.7. The number of thiocarbonyl (C=S) groups is 1. The lowest BCUT2D eigenvalue weighted by molar-refractivity contribution is -0.115. The van der Waals surface area contributed by atoms with Gasteiger partial charge in [0.1, 0.15) is 10.9 Å². The van der Waals surface area contributed by atoms with Gasteiger partial charge in [-0.1, -0.05) is 65.4 Å². The second-order valence-electron chi connectivity index (χ2n) is 5.66. The van der Waals surface area contributed by atoms with E-state index in [1.54, 1.807) is 25.3 Å². The van der Waals surface area contributed by atoms with Gasteiger partial charge in [-0.3, -0.25) is 4.79 Å². The van der Waals surface area contributed by atoms with Gasteiger partial charge in [-0.2, -0.15) is 0 Å². The Morgan fingerprint density at radius 2 is 2.12 bits per heavy atom. The summed E-state index contributed by atoms with van der Waals surface area (Å²) >= 11 is 12.6. The number of ether oxygens (including phenoxy) is 2. The fourth-order valence-electron chi connectivity index (χ4n) is 2.49. The van der Waals surface area contributed by atoms with Crippen LogP contribution in [-0.4, -0.2) is 17.3 Å². The maximum atomic E-state index is 11.8. The molecular weight excluding hydrogens is 390 g/mol. The Bertz CT molecular complexity index is 912. The molecule has 0 bridgehead atoms. The number of nitrogens with one attached hydrogen (secondary N) is 1. The summed E-state index contributed by atoms with van der Waals surface area (Å²) in [6.45, 7) is 2.41. The molecule has 0 aliphatic carbocycles. The summed E-state index contributed by atoms with van der Waals surface area (Å²) in [5, 5.41) is 2.99. The number of hydrogen-bond donors (Lipinski definition) is 1. The quantitative estimate of drug-likeness (QED) is 0.575. The van der Waals surface area contributed by atoms with Crippen LogP contribution in [0.15, 0.2) is 41.3 Å². The number of rotatable bonds is 5. The van der Waals surface area contributed by atoms with Gasteiger partial charge in [0.05, 0.1) is 17.0 Å². The van der Waals surface area contributed by atoms with E-state index in [-0.39, 0.29) is 5.91 Å². The van der Waals surface area contributed by atoms with Gasteiger partial charge in [0.25, 0.3) is 5.91 Å². The van der Waals surface area contributed by atoms with Crippen LogP contribution in [0.4, 0.5) is 0 Å². The van der Waals surface area contributed by atoms with Crippen LogP contribution in [-0.2, 0) is 11.4 Å². The Labute approximate surface area is 166 Å². The molecular formula is C19H16ClNO3S2. The summed E-state index contributed by atoms with van der Waals surface area (Å²) in [6.07, 6.45) is 1.72. The summed E-state index contributed by atoms with van der Waals surface area (Å²) in [6, 6.07) is 11.6. The molecule has 2 aromatic carbocycles. The number of hydrogen-bond acceptors (Lipinski definition) is 5. The molecule has 0 unspecified atom stereocenters. The summed E-state index contributed by atoms with van der Waals surface area (Å²) in [5.74, 6) is 0.759. The van der Waals surface area contributed by atoms with Crippen molar-refractivity contribution in [3.63, 3.8) is 0 Å². The molecule has 0 radical (unpaired) electrons. The molecule has 0 saturated carbocycles. The first-order chi connectivity index (χ1) is 12.5. The van der Waals surface area contributed by atoms with Crippen molar-refractivity contribution in [2.45, 2.75) is 13.5 Å². The Morgan fingerprint density at radius 1 is 1.31 bits per heavy atom. The van der Waals surface area contributed by atoms with Crippen molar-refractivity contribution in [3.05, 3.63) is 63.0 Å². The molecule has 3 rings (SSSR count). The minimum Gasteiger partial charge on any atom is -0.493 e. The molecule has 0 aromatic heterocycles. The van der Waals surface area contributed by atoms with Gasteiger partial charge in [0, 0.05) is 0 Å². The van der Waals surface area contributed by atoms with Crippen molar-refractivity contribution in [1.29, 1.82) is 0 Å². The maximum absolute atomic E-state index is 11.8. The van der Waals surface area contributed by atoms with Gasteiger partial charge in [-0.25, -0.2) is 0 Å². The molecule has 1 aliphatic rings. The van der Waals surface area contributed by atoms with Gasteiger partial charge >= 0.3 is 0 Å². The van der Waals surface area contributed by atoms with Crippen LogP contribution in [0.5, 0.6) is 11.5 Å². The zero-order valence-electron chi connectivity index (χ0n) is 14.2. The predicted molar refractivity (Wildman–Crippen MR) is 110 cm³/mol. The Morgan fingerprint density at radius 3 is 2.77 bits per heavy atom. The molecule has 0 spiro atoms. The highest BCUT2D eigenvalue weighted by molar-refractivity contribution is 8.26. The number of halogens is 1. The third kappa shape index (κ3) is 4.38. The van der Waals surface area contributed by atoms with E-state index < -0.39 is 0 Å². The Hall–Kier alpha value is -2.02. The molecule has 7 heteroatoms. The van der Waals surface area contributed by atoms with E-state index in [1.807, 2.05) is 25.1 Å². The monoisotopic (exact) mass is 405 g/mol. The number of carbonyl (C=O) groups is 1. The van der Waals surface area contributed by atoms with Crippen molar-refractivity contribution in [2.75, 3.05) is 7.11 Å². The predicted octanol–water partition coefficient (Wildman–Crippen LogP) is 4.72. The van der Waals surface area contributed by atoms with E-state index >= 15 is 0 Å². The van der Waals surface area contributed by atoms with Crippen molar-refractivity contribution < 1.29 is 14.3 Å². The maximum Gasteiger partial charge on any atom is 0.263 e. The third-order valence-corrected chi connectivity index (χ3v) is 5.10. The minimum absolute atomic E-state index is 0.213. The molecule has 1 fully saturated rings. The molecule has 4 nitrogen and oxygen atoms in total. The molecule has 1 aliphatic heterocycles. The van der Waals surface area contributed by atoms with E-state index in [9.17, 15) is 4.79 Å². The van der Waals surface area contributed by atoms with Crippen LogP contribution in [0.1, 0.15) is 16.7 Å². The Kier molecular flexibility index (Phi) is 5.86. The van der Waals surface area contributed by atoms with Gasteiger partial charge in [0.15, 0.2) is 11.5 Å². The van der Waals surface area contributed by atoms with Crippen LogP contribution in [0, 0.1) is 6.92 Å². The van der Waals surface area contributed by atoms with Crippen molar-refractivity contribution in [2.24, 2.45) is 0 Å². The lowest BCUT2D eigenvalue weighted by atomic mass is 10.1. The SMILES string of the molecule is COc1cc(/C=C2/SC(=S)NC2=O)cc(Cl)c1OCc1cccc(C)c1. The van der Waals surface area contributed by atoms with Gasteiger partial charge in [-0.15, -0.1) is 0 Å². The fraction of sp³-hybridized carbons (Fsp3) is 0.158. The standard InChI is InChI=1S/C19H16ClNO3S2/c1-11-4-3-5-12(6-11)10-24-17-14(20)7-13(8-15(17)23-2)9-16-18(22)21-19(25)26-16/h3-9H,10H2,1-2H3,(H,21,22,25)/b16-9+. The lowest BCUT2D eigenvalue weighted by Gasteiger charge is -2.14. The summed E-state index contributed by atoms with van der Waals surface area (Å²) in [7, 11) is 1.55. The topological polar surface area (TPSA) is 47.6 Å². The van der Waals surface area contributed by atoms with Crippen LogP contribution in [0.25, 0.3) is 6.08 Å². The molecule has 1 N–H and O–H groups in total. The summed E-state index contributed by atoms with van der Waals surface area (Å²) in [4.78, 5) is 12.3. The van der Waals surface area contributed by atoms with Crippen molar-refractivity contribution in [3.8, 4) is 11.5 Å². The first-order valence-corrected chi connectivity index (χ1v) is 9.37. The van der Waals surface area contributed by atoms with Gasteiger partial charge < -0.3 is 14.8 Å². The first-order valence-electron chi connectivity index (χ1n) is 7.77. The number of methoxy groups -OCH3 is 1. The molecule has 26 heavy (non-hydrogen) atoms. The fourth-order valence-corrected chi connectivity index (χ4v) is 3.81. The molecule has 2 aromatic rings. The molecule has 1 saturated heterocycles. The van der Waals surface area contributed by atoms with Gasteiger partial charge in [-0.05, 0) is 36.3 Å². The third-order valence-electron chi connectivity index (χ3n) is 3.66. The first kappa shape index (κ1) is 18.8. The van der Waals surface area contributed by atoms with E-state index in [1.165, 1.54) is 11.8 Å². The Balaban J connectivity index is 1.84. The number of amides is 1.